The molecular weight excluding hydrogens is 424 g/mol. The smallest absolute Gasteiger partial charge is 0.308 e. The third kappa shape index (κ3) is 5.52. The SMILES string of the molecule is CC(=O)Oc1c(C)c(CC[C@@H]2C[C@@H](OC3CCCCO3)CC(=O)O2)c2c(c1C)CC(C)(C)O2. The van der Waals surface area contributed by atoms with E-state index in [0.717, 1.165) is 53.7 Å². The lowest BCUT2D eigenvalue weighted by molar-refractivity contribution is -0.209. The summed E-state index contributed by atoms with van der Waals surface area (Å²) in [6.07, 6.45) is 5.36. The van der Waals surface area contributed by atoms with Gasteiger partial charge in [-0.25, -0.2) is 0 Å². The molecule has 0 radical (unpaired) electrons. The van der Waals surface area contributed by atoms with Gasteiger partial charge in [0.05, 0.1) is 12.5 Å². The Morgan fingerprint density at radius 2 is 1.97 bits per heavy atom. The standard InChI is InChI=1S/C26H36O7/c1-15-20(25-21(14-26(4,5)33-25)16(2)24(15)30-17(3)27)10-9-18-12-19(13-22(28)31-18)32-23-8-6-7-11-29-23/h18-19,23H,6-14H2,1-5H3/t18-,19-,23?/m1/s1. The van der Waals surface area contributed by atoms with Crippen LogP contribution in [0.5, 0.6) is 11.5 Å². The van der Waals surface area contributed by atoms with Gasteiger partial charge in [-0.3, -0.25) is 9.59 Å². The topological polar surface area (TPSA) is 80.3 Å². The molecule has 0 aliphatic carbocycles. The number of benzene rings is 1. The Bertz CT molecular complexity index is 914. The van der Waals surface area contributed by atoms with Crippen molar-refractivity contribution in [2.45, 2.75) is 110 Å². The molecule has 1 aromatic carbocycles. The number of carbonyl (C=O) groups excluding carboxylic acids is 2. The van der Waals surface area contributed by atoms with Crippen molar-refractivity contribution in [1.82, 2.24) is 0 Å². The first-order chi connectivity index (χ1) is 15.6. The summed E-state index contributed by atoms with van der Waals surface area (Å²) in [5.41, 5.74) is 3.65. The second-order valence-electron chi connectivity index (χ2n) is 10.1. The van der Waals surface area contributed by atoms with Crippen molar-refractivity contribution in [2.75, 3.05) is 6.61 Å². The van der Waals surface area contributed by atoms with E-state index < -0.39 is 0 Å². The minimum atomic E-state index is -0.337. The van der Waals surface area contributed by atoms with Gasteiger partial charge in [0.25, 0.3) is 0 Å². The Labute approximate surface area is 196 Å². The summed E-state index contributed by atoms with van der Waals surface area (Å²) < 4.78 is 29.4. The fourth-order valence-electron chi connectivity index (χ4n) is 5.21. The van der Waals surface area contributed by atoms with Crippen LogP contribution in [0.1, 0.15) is 81.5 Å². The van der Waals surface area contributed by atoms with Crippen molar-refractivity contribution >= 4 is 11.9 Å². The van der Waals surface area contributed by atoms with Crippen LogP contribution < -0.4 is 9.47 Å². The number of esters is 2. The zero-order valence-electron chi connectivity index (χ0n) is 20.5. The van der Waals surface area contributed by atoms with Gasteiger partial charge in [-0.1, -0.05) is 0 Å². The molecule has 3 atom stereocenters. The van der Waals surface area contributed by atoms with Crippen LogP contribution in [-0.4, -0.2) is 42.6 Å². The first kappa shape index (κ1) is 24.0. The average Bonchev–Trinajstić information content (AvgIpc) is 3.06. The van der Waals surface area contributed by atoms with Crippen molar-refractivity contribution < 1.29 is 33.3 Å². The Hall–Kier alpha value is -2.12. The van der Waals surface area contributed by atoms with Crippen molar-refractivity contribution in [2.24, 2.45) is 0 Å². The zero-order chi connectivity index (χ0) is 23.8. The highest BCUT2D eigenvalue weighted by Crippen LogP contribution is 2.46. The Morgan fingerprint density at radius 1 is 1.18 bits per heavy atom. The number of carbonyl (C=O) groups is 2. The number of fused-ring (bicyclic) bond motifs is 1. The minimum absolute atomic E-state index is 0.184. The van der Waals surface area contributed by atoms with Crippen LogP contribution in [0.2, 0.25) is 0 Å². The highest BCUT2D eigenvalue weighted by atomic mass is 16.7. The zero-order valence-corrected chi connectivity index (χ0v) is 20.5. The summed E-state index contributed by atoms with van der Waals surface area (Å²) in [5.74, 6) is 0.942. The molecule has 33 heavy (non-hydrogen) atoms. The number of hydrogen-bond acceptors (Lipinski definition) is 7. The molecule has 0 bridgehead atoms. The predicted octanol–water partition coefficient (Wildman–Crippen LogP) is 4.49. The molecule has 1 unspecified atom stereocenters. The van der Waals surface area contributed by atoms with E-state index in [-0.39, 0.29) is 42.5 Å². The van der Waals surface area contributed by atoms with Gasteiger partial charge in [0.1, 0.15) is 23.2 Å². The first-order valence-electron chi connectivity index (χ1n) is 12.1. The van der Waals surface area contributed by atoms with E-state index >= 15 is 0 Å². The van der Waals surface area contributed by atoms with Crippen LogP contribution in [0.15, 0.2) is 0 Å². The number of cyclic esters (lactones) is 1. The fourth-order valence-corrected chi connectivity index (χ4v) is 5.21. The molecule has 7 nitrogen and oxygen atoms in total. The largest absolute Gasteiger partial charge is 0.487 e. The number of rotatable bonds is 6. The second-order valence-corrected chi connectivity index (χ2v) is 10.1. The van der Waals surface area contributed by atoms with Crippen LogP contribution >= 0.6 is 0 Å². The lowest BCUT2D eigenvalue weighted by Crippen LogP contribution is -2.38. The number of hydrogen-bond donors (Lipinski definition) is 0. The van der Waals surface area contributed by atoms with E-state index in [1.54, 1.807) is 0 Å². The maximum atomic E-state index is 12.3. The van der Waals surface area contributed by atoms with Gasteiger partial charge in [-0.15, -0.1) is 0 Å². The van der Waals surface area contributed by atoms with Crippen LogP contribution in [0.25, 0.3) is 0 Å². The van der Waals surface area contributed by atoms with Crippen LogP contribution in [0.4, 0.5) is 0 Å². The Balaban J connectivity index is 1.51. The average molecular weight is 461 g/mol. The summed E-state index contributed by atoms with van der Waals surface area (Å²) >= 11 is 0. The van der Waals surface area contributed by atoms with E-state index in [1.165, 1.54) is 6.92 Å². The van der Waals surface area contributed by atoms with Crippen LogP contribution in [0, 0.1) is 13.8 Å². The molecule has 0 saturated carbocycles. The van der Waals surface area contributed by atoms with Gasteiger partial charge in [0, 0.05) is 37.5 Å². The van der Waals surface area contributed by atoms with Gasteiger partial charge >= 0.3 is 11.9 Å². The molecule has 0 spiro atoms. The van der Waals surface area contributed by atoms with Gasteiger partial charge in [-0.05, 0) is 70.9 Å². The minimum Gasteiger partial charge on any atom is -0.487 e. The molecule has 0 N–H and O–H groups in total. The molecule has 2 fully saturated rings. The molecule has 1 aromatic rings. The fraction of sp³-hybridized carbons (Fsp3) is 0.692. The third-order valence-corrected chi connectivity index (χ3v) is 6.78. The van der Waals surface area contributed by atoms with Gasteiger partial charge in [0.15, 0.2) is 6.29 Å². The lowest BCUT2D eigenvalue weighted by Gasteiger charge is -2.33. The van der Waals surface area contributed by atoms with Gasteiger partial charge in [0.2, 0.25) is 0 Å². The summed E-state index contributed by atoms with van der Waals surface area (Å²) in [6, 6.07) is 0. The quantitative estimate of drug-likeness (QED) is 0.457. The highest BCUT2D eigenvalue weighted by molar-refractivity contribution is 5.72. The predicted molar refractivity (Wildman–Crippen MR) is 122 cm³/mol. The summed E-state index contributed by atoms with van der Waals surface area (Å²) in [6.45, 7) is 10.2. The summed E-state index contributed by atoms with van der Waals surface area (Å²) in [7, 11) is 0. The van der Waals surface area contributed by atoms with Crippen LogP contribution in [-0.2, 0) is 36.6 Å². The molecule has 3 heterocycles. The molecule has 0 aromatic heterocycles. The Kier molecular flexibility index (Phi) is 7.01. The van der Waals surface area contributed by atoms with E-state index in [2.05, 4.69) is 13.8 Å². The molecule has 182 valence electrons. The molecule has 2 saturated heterocycles. The molecule has 0 amide bonds. The van der Waals surface area contributed by atoms with E-state index in [1.807, 2.05) is 13.8 Å². The monoisotopic (exact) mass is 460 g/mol. The molecule has 4 rings (SSSR count). The second kappa shape index (κ2) is 9.63. The van der Waals surface area contributed by atoms with E-state index in [4.69, 9.17) is 23.7 Å². The summed E-state index contributed by atoms with van der Waals surface area (Å²) in [4.78, 5) is 24.0. The number of ether oxygens (including phenoxy) is 5. The van der Waals surface area contributed by atoms with Gasteiger partial charge < -0.3 is 23.7 Å². The maximum Gasteiger partial charge on any atom is 0.308 e. The normalized spacial score (nSPS) is 26.3. The molecular formula is C26H36O7. The van der Waals surface area contributed by atoms with Crippen molar-refractivity contribution in [3.63, 3.8) is 0 Å². The van der Waals surface area contributed by atoms with Crippen molar-refractivity contribution in [3.8, 4) is 11.5 Å². The third-order valence-electron chi connectivity index (χ3n) is 6.78. The highest BCUT2D eigenvalue weighted by Gasteiger charge is 2.37. The molecule has 3 aliphatic heterocycles. The summed E-state index contributed by atoms with van der Waals surface area (Å²) in [5, 5.41) is 0. The lowest BCUT2D eigenvalue weighted by atomic mass is 9.90. The maximum absolute atomic E-state index is 12.3. The van der Waals surface area contributed by atoms with Gasteiger partial charge in [-0.2, -0.15) is 0 Å². The molecule has 3 aliphatic rings. The van der Waals surface area contributed by atoms with Crippen molar-refractivity contribution in [3.05, 3.63) is 22.3 Å². The van der Waals surface area contributed by atoms with E-state index in [9.17, 15) is 9.59 Å². The first-order valence-corrected chi connectivity index (χ1v) is 12.1. The Morgan fingerprint density at radius 3 is 2.67 bits per heavy atom. The molecule has 7 heteroatoms. The van der Waals surface area contributed by atoms with E-state index in [0.29, 0.717) is 31.6 Å². The van der Waals surface area contributed by atoms with Crippen molar-refractivity contribution in [1.29, 1.82) is 0 Å². The van der Waals surface area contributed by atoms with Crippen LogP contribution in [0.3, 0.4) is 0 Å².